The van der Waals surface area contributed by atoms with E-state index in [9.17, 15) is 0 Å². The molecule has 1 unspecified atom stereocenters. The Kier molecular flexibility index (Phi) is 5.46. The summed E-state index contributed by atoms with van der Waals surface area (Å²) >= 11 is 0. The molecular weight excluding hydrogens is 152 g/mol. The quantitative estimate of drug-likeness (QED) is 0.473. The number of methoxy groups -OCH3 is 1. The van der Waals surface area contributed by atoms with E-state index in [0.717, 1.165) is 19.3 Å². The monoisotopic (exact) mass is 174 g/mol. The zero-order valence-electron chi connectivity index (χ0n) is 8.68. The molecule has 0 aromatic carbocycles. The molecule has 0 fully saturated rings. The van der Waals surface area contributed by atoms with Crippen LogP contribution in [-0.2, 0) is 4.74 Å². The number of nitrogens with one attached hydrogen (secondary N) is 1. The summed E-state index contributed by atoms with van der Waals surface area (Å²) in [5, 5.41) is 0. The van der Waals surface area contributed by atoms with Crippen molar-refractivity contribution in [2.45, 2.75) is 51.7 Å². The van der Waals surface area contributed by atoms with E-state index >= 15 is 0 Å². The molecule has 3 nitrogen and oxygen atoms in total. The van der Waals surface area contributed by atoms with Gasteiger partial charge in [0.05, 0.1) is 5.60 Å². The van der Waals surface area contributed by atoms with Gasteiger partial charge in [-0.3, -0.25) is 11.3 Å². The minimum atomic E-state index is -0.0772. The molecule has 0 aliphatic rings. The van der Waals surface area contributed by atoms with Crippen LogP contribution in [0.1, 0.15) is 40.0 Å². The second-order valence-corrected chi connectivity index (χ2v) is 3.82. The maximum Gasteiger partial charge on any atom is 0.0638 e. The highest BCUT2D eigenvalue weighted by Gasteiger charge is 2.21. The van der Waals surface area contributed by atoms with Crippen molar-refractivity contribution >= 4 is 0 Å². The number of hydrogen-bond acceptors (Lipinski definition) is 3. The summed E-state index contributed by atoms with van der Waals surface area (Å²) in [6.07, 6.45) is 3.20. The molecule has 0 saturated heterocycles. The van der Waals surface area contributed by atoms with Gasteiger partial charge >= 0.3 is 0 Å². The number of rotatable bonds is 6. The lowest BCUT2D eigenvalue weighted by Crippen LogP contribution is -2.41. The first kappa shape index (κ1) is 11.9. The van der Waals surface area contributed by atoms with Gasteiger partial charge < -0.3 is 4.74 Å². The first-order chi connectivity index (χ1) is 5.55. The van der Waals surface area contributed by atoms with E-state index < -0.39 is 0 Å². The second-order valence-electron chi connectivity index (χ2n) is 3.82. The normalized spacial score (nSPS) is 14.8. The Labute approximate surface area is 75.6 Å². The van der Waals surface area contributed by atoms with Crippen LogP contribution in [0.4, 0.5) is 0 Å². The van der Waals surface area contributed by atoms with E-state index in [4.69, 9.17) is 10.6 Å². The lowest BCUT2D eigenvalue weighted by atomic mass is 9.96. The van der Waals surface area contributed by atoms with Gasteiger partial charge in [-0.15, -0.1) is 0 Å². The summed E-state index contributed by atoms with van der Waals surface area (Å²) in [5.74, 6) is 5.42. The maximum atomic E-state index is 5.42. The van der Waals surface area contributed by atoms with Gasteiger partial charge in [-0.2, -0.15) is 0 Å². The van der Waals surface area contributed by atoms with Crippen LogP contribution in [0, 0.1) is 0 Å². The Bertz CT molecular complexity index is 115. The van der Waals surface area contributed by atoms with E-state index in [2.05, 4.69) is 26.2 Å². The zero-order valence-corrected chi connectivity index (χ0v) is 8.68. The summed E-state index contributed by atoms with van der Waals surface area (Å²) < 4.78 is 5.32. The first-order valence-electron chi connectivity index (χ1n) is 4.57. The molecule has 0 aliphatic carbocycles. The molecule has 0 aliphatic heterocycles. The third kappa shape index (κ3) is 4.70. The average molecular weight is 174 g/mol. The lowest BCUT2D eigenvalue weighted by Gasteiger charge is -2.27. The highest BCUT2D eigenvalue weighted by molar-refractivity contribution is 4.76. The van der Waals surface area contributed by atoms with Gasteiger partial charge in [0.1, 0.15) is 0 Å². The second kappa shape index (κ2) is 5.51. The minimum absolute atomic E-state index is 0.0772. The van der Waals surface area contributed by atoms with Crippen molar-refractivity contribution in [3.63, 3.8) is 0 Å². The fourth-order valence-corrected chi connectivity index (χ4v) is 1.27. The molecule has 1 atom stereocenters. The van der Waals surface area contributed by atoms with E-state index in [1.807, 2.05) is 0 Å². The molecule has 0 bridgehead atoms. The van der Waals surface area contributed by atoms with Crippen molar-refractivity contribution < 1.29 is 4.74 Å². The Morgan fingerprint density at radius 1 is 1.50 bits per heavy atom. The van der Waals surface area contributed by atoms with Gasteiger partial charge in [0.2, 0.25) is 0 Å². The van der Waals surface area contributed by atoms with Crippen LogP contribution in [0.3, 0.4) is 0 Å². The smallest absolute Gasteiger partial charge is 0.0638 e. The van der Waals surface area contributed by atoms with E-state index in [-0.39, 0.29) is 5.60 Å². The van der Waals surface area contributed by atoms with Crippen molar-refractivity contribution in [2.24, 2.45) is 5.84 Å². The fraction of sp³-hybridized carbons (Fsp3) is 1.00. The van der Waals surface area contributed by atoms with Gasteiger partial charge in [0, 0.05) is 13.2 Å². The maximum absolute atomic E-state index is 5.42. The van der Waals surface area contributed by atoms with Gasteiger partial charge in [0.25, 0.3) is 0 Å². The van der Waals surface area contributed by atoms with E-state index in [1.165, 1.54) is 0 Å². The molecule has 0 radical (unpaired) electrons. The van der Waals surface area contributed by atoms with Crippen LogP contribution < -0.4 is 11.3 Å². The lowest BCUT2D eigenvalue weighted by molar-refractivity contribution is 0.00632. The van der Waals surface area contributed by atoms with Crippen LogP contribution in [0.5, 0.6) is 0 Å². The zero-order chi connectivity index (χ0) is 9.61. The summed E-state index contributed by atoms with van der Waals surface area (Å²) in [6, 6.07) is 0.366. The molecule has 0 aromatic heterocycles. The number of nitrogens with two attached hydrogens (primary N) is 1. The molecule has 0 rings (SSSR count). The summed E-state index contributed by atoms with van der Waals surface area (Å²) in [7, 11) is 1.74. The molecule has 0 saturated carbocycles. The third-order valence-corrected chi connectivity index (χ3v) is 2.16. The van der Waals surface area contributed by atoms with Crippen molar-refractivity contribution in [3.05, 3.63) is 0 Å². The van der Waals surface area contributed by atoms with Crippen LogP contribution in [0.2, 0.25) is 0 Å². The van der Waals surface area contributed by atoms with Gasteiger partial charge in [-0.1, -0.05) is 13.3 Å². The van der Waals surface area contributed by atoms with Crippen molar-refractivity contribution in [1.82, 2.24) is 5.43 Å². The molecule has 0 aromatic rings. The molecular formula is C9H22N2O. The van der Waals surface area contributed by atoms with Gasteiger partial charge in [-0.25, -0.2) is 0 Å². The topological polar surface area (TPSA) is 47.3 Å². The Hall–Kier alpha value is -0.120. The van der Waals surface area contributed by atoms with Crippen molar-refractivity contribution in [2.75, 3.05) is 7.11 Å². The van der Waals surface area contributed by atoms with Crippen LogP contribution in [-0.4, -0.2) is 18.8 Å². The van der Waals surface area contributed by atoms with Crippen LogP contribution in [0.25, 0.3) is 0 Å². The average Bonchev–Trinajstić information content (AvgIpc) is 2.03. The Morgan fingerprint density at radius 3 is 2.42 bits per heavy atom. The molecule has 0 heterocycles. The van der Waals surface area contributed by atoms with Gasteiger partial charge in [0.15, 0.2) is 0 Å². The van der Waals surface area contributed by atoms with Gasteiger partial charge in [-0.05, 0) is 26.7 Å². The fourth-order valence-electron chi connectivity index (χ4n) is 1.27. The van der Waals surface area contributed by atoms with Crippen molar-refractivity contribution in [1.29, 1.82) is 0 Å². The molecule has 3 N–H and O–H groups in total. The molecule has 74 valence electrons. The molecule has 0 amide bonds. The Morgan fingerprint density at radius 2 is 2.08 bits per heavy atom. The van der Waals surface area contributed by atoms with Crippen LogP contribution >= 0.6 is 0 Å². The SMILES string of the molecule is CCCC(CC(C)(C)OC)NN. The predicted molar refractivity (Wildman–Crippen MR) is 51.7 cm³/mol. The summed E-state index contributed by atoms with van der Waals surface area (Å²) in [4.78, 5) is 0. The standard InChI is InChI=1S/C9H22N2O/c1-5-6-8(11-10)7-9(2,3)12-4/h8,11H,5-7,10H2,1-4H3. The largest absolute Gasteiger partial charge is 0.379 e. The van der Waals surface area contributed by atoms with Crippen molar-refractivity contribution in [3.8, 4) is 0 Å². The van der Waals surface area contributed by atoms with E-state index in [1.54, 1.807) is 7.11 Å². The Balaban J connectivity index is 3.83. The highest BCUT2D eigenvalue weighted by atomic mass is 16.5. The number of hydrazine groups is 1. The minimum Gasteiger partial charge on any atom is -0.379 e. The highest BCUT2D eigenvalue weighted by Crippen LogP contribution is 2.17. The molecule has 0 spiro atoms. The number of hydrogen-bond donors (Lipinski definition) is 2. The number of ether oxygens (including phenoxy) is 1. The molecule has 3 heteroatoms. The molecule has 12 heavy (non-hydrogen) atoms. The van der Waals surface area contributed by atoms with Crippen LogP contribution in [0.15, 0.2) is 0 Å². The third-order valence-electron chi connectivity index (χ3n) is 2.16. The predicted octanol–water partition coefficient (Wildman–Crippen LogP) is 1.43. The van der Waals surface area contributed by atoms with E-state index in [0.29, 0.717) is 6.04 Å². The summed E-state index contributed by atoms with van der Waals surface area (Å²) in [5.41, 5.74) is 2.74. The summed E-state index contributed by atoms with van der Waals surface area (Å²) in [6.45, 7) is 6.31. The first-order valence-corrected chi connectivity index (χ1v) is 4.57.